The van der Waals surface area contributed by atoms with Gasteiger partial charge in [-0.15, -0.1) is 0 Å². The molecule has 8 heteroatoms. The van der Waals surface area contributed by atoms with Gasteiger partial charge in [0.05, 0.1) is 30.8 Å². The lowest BCUT2D eigenvalue weighted by Crippen LogP contribution is -2.54. The third-order valence-electron chi connectivity index (χ3n) is 6.38. The number of nitrogens with zero attached hydrogens (tertiary/aromatic N) is 2. The molecule has 1 aliphatic rings. The highest BCUT2D eigenvalue weighted by Crippen LogP contribution is 2.26. The summed E-state index contributed by atoms with van der Waals surface area (Å²) < 4.78 is 10.7. The van der Waals surface area contributed by atoms with Crippen LogP contribution >= 0.6 is 0 Å². The third-order valence-corrected chi connectivity index (χ3v) is 6.38. The highest BCUT2D eigenvalue weighted by Gasteiger charge is 2.36. The maximum atomic E-state index is 12.9. The van der Waals surface area contributed by atoms with Crippen molar-refractivity contribution in [3.8, 4) is 5.75 Å². The number of hydrogen-bond acceptors (Lipinski definition) is 6. The first-order valence-corrected chi connectivity index (χ1v) is 12.4. The topological polar surface area (TPSA) is 92.8 Å². The first-order valence-electron chi connectivity index (χ1n) is 12.4. The summed E-state index contributed by atoms with van der Waals surface area (Å²) in [4.78, 5) is 32.3. The van der Waals surface area contributed by atoms with Crippen molar-refractivity contribution < 1.29 is 19.1 Å². The van der Waals surface area contributed by atoms with E-state index in [4.69, 9.17) is 9.47 Å². The minimum absolute atomic E-state index is 0.248. The van der Waals surface area contributed by atoms with Gasteiger partial charge in [0.2, 0.25) is 0 Å². The van der Waals surface area contributed by atoms with Crippen LogP contribution in [0.5, 0.6) is 5.75 Å². The SMILES string of the molecule is CCCCCCCN1CC[C@@H](NC(=O)Nc2ccnc3ccc(OC)cc23)C(C(=O)OCC)C1. The number of nitrogens with one attached hydrogen (secondary N) is 2. The Morgan fingerprint density at radius 1 is 1.15 bits per heavy atom. The number of pyridine rings is 1. The smallest absolute Gasteiger partial charge is 0.319 e. The van der Waals surface area contributed by atoms with E-state index in [1.807, 2.05) is 25.1 Å². The van der Waals surface area contributed by atoms with E-state index in [-0.39, 0.29) is 24.0 Å². The molecule has 0 spiro atoms. The van der Waals surface area contributed by atoms with Crippen molar-refractivity contribution >= 4 is 28.6 Å². The predicted octanol–water partition coefficient (Wildman–Crippen LogP) is 4.59. The van der Waals surface area contributed by atoms with Crippen molar-refractivity contribution in [3.05, 3.63) is 30.5 Å². The Morgan fingerprint density at radius 3 is 2.74 bits per heavy atom. The molecule has 3 rings (SSSR count). The second-order valence-corrected chi connectivity index (χ2v) is 8.81. The molecule has 1 unspecified atom stereocenters. The van der Waals surface area contributed by atoms with E-state index in [0.717, 1.165) is 30.4 Å². The number of likely N-dealkylation sites (tertiary alicyclic amines) is 1. The zero-order valence-corrected chi connectivity index (χ0v) is 20.6. The number of esters is 1. The molecule has 186 valence electrons. The Hall–Kier alpha value is -2.87. The van der Waals surface area contributed by atoms with Gasteiger partial charge in [-0.05, 0) is 50.6 Å². The van der Waals surface area contributed by atoms with Gasteiger partial charge >= 0.3 is 12.0 Å². The van der Waals surface area contributed by atoms with Crippen LogP contribution in [0.15, 0.2) is 30.5 Å². The van der Waals surface area contributed by atoms with Crippen LogP contribution < -0.4 is 15.4 Å². The van der Waals surface area contributed by atoms with E-state index in [9.17, 15) is 9.59 Å². The van der Waals surface area contributed by atoms with Crippen LogP contribution in [0.4, 0.5) is 10.5 Å². The number of methoxy groups -OCH3 is 1. The summed E-state index contributed by atoms with van der Waals surface area (Å²) in [5, 5.41) is 6.74. The van der Waals surface area contributed by atoms with Gasteiger partial charge in [0, 0.05) is 30.7 Å². The van der Waals surface area contributed by atoms with Gasteiger partial charge in [-0.3, -0.25) is 9.78 Å². The van der Waals surface area contributed by atoms with Gasteiger partial charge < -0.3 is 25.0 Å². The van der Waals surface area contributed by atoms with Crippen LogP contribution in [-0.2, 0) is 9.53 Å². The summed E-state index contributed by atoms with van der Waals surface area (Å²) in [5.74, 6) is 0.0559. The molecule has 1 aromatic carbocycles. The fourth-order valence-corrected chi connectivity index (χ4v) is 4.51. The molecule has 2 amide bonds. The number of carbonyl (C=O) groups is 2. The lowest BCUT2D eigenvalue weighted by molar-refractivity contribution is -0.150. The molecule has 2 heterocycles. The summed E-state index contributed by atoms with van der Waals surface area (Å²) in [7, 11) is 1.60. The Kier molecular flexibility index (Phi) is 9.94. The standard InChI is InChI=1S/C26H38N4O4/c1-4-6-7-8-9-15-30-16-13-24(21(18-30)25(31)34-5-2)29-26(32)28-23-12-14-27-22-11-10-19(33-3)17-20(22)23/h10-12,14,17,21,24H,4-9,13,15-16,18H2,1-3H3,(H2,27,28,29,32)/t21?,24-/m1/s1. The summed E-state index contributed by atoms with van der Waals surface area (Å²) in [6.45, 7) is 6.78. The number of benzene rings is 1. The number of piperidine rings is 1. The average Bonchev–Trinajstić information content (AvgIpc) is 2.84. The second kappa shape index (κ2) is 13.1. The van der Waals surface area contributed by atoms with Crippen LogP contribution in [0.1, 0.15) is 52.4 Å². The molecular formula is C26H38N4O4. The molecule has 0 saturated carbocycles. The average molecular weight is 471 g/mol. The number of rotatable bonds is 11. The normalized spacial score (nSPS) is 18.4. The molecule has 1 aliphatic heterocycles. The molecule has 2 atom stereocenters. The van der Waals surface area contributed by atoms with Crippen molar-refractivity contribution in [2.75, 3.05) is 38.7 Å². The molecular weight excluding hydrogens is 432 g/mol. The van der Waals surface area contributed by atoms with Gasteiger partial charge in [-0.1, -0.05) is 32.6 Å². The van der Waals surface area contributed by atoms with Crippen LogP contribution in [0, 0.1) is 5.92 Å². The molecule has 1 saturated heterocycles. The molecule has 0 bridgehead atoms. The summed E-state index contributed by atoms with van der Waals surface area (Å²) in [5.41, 5.74) is 1.40. The fourth-order valence-electron chi connectivity index (χ4n) is 4.51. The van der Waals surface area contributed by atoms with Crippen molar-refractivity contribution in [1.82, 2.24) is 15.2 Å². The van der Waals surface area contributed by atoms with Gasteiger partial charge in [0.25, 0.3) is 0 Å². The van der Waals surface area contributed by atoms with E-state index in [1.54, 1.807) is 19.4 Å². The molecule has 1 fully saturated rings. The number of unbranched alkanes of at least 4 members (excludes halogenated alkanes) is 4. The number of ether oxygens (including phenoxy) is 2. The van der Waals surface area contributed by atoms with E-state index < -0.39 is 0 Å². The summed E-state index contributed by atoms with van der Waals surface area (Å²) in [6, 6.07) is 6.66. The first-order chi connectivity index (χ1) is 16.5. The van der Waals surface area contributed by atoms with Crippen LogP contribution in [0.3, 0.4) is 0 Å². The number of carbonyl (C=O) groups excluding carboxylic acids is 2. The summed E-state index contributed by atoms with van der Waals surface area (Å²) >= 11 is 0. The van der Waals surface area contributed by atoms with Crippen LogP contribution in [0.25, 0.3) is 10.9 Å². The zero-order valence-electron chi connectivity index (χ0n) is 20.6. The molecule has 0 radical (unpaired) electrons. The Labute approximate surface area is 202 Å². The fraction of sp³-hybridized carbons (Fsp3) is 0.577. The van der Waals surface area contributed by atoms with E-state index in [1.165, 1.54) is 25.7 Å². The minimum Gasteiger partial charge on any atom is -0.497 e. The van der Waals surface area contributed by atoms with Crippen molar-refractivity contribution in [2.24, 2.45) is 5.92 Å². The third kappa shape index (κ3) is 7.06. The Balaban J connectivity index is 1.63. The number of hydrogen-bond donors (Lipinski definition) is 2. The Morgan fingerprint density at radius 2 is 1.97 bits per heavy atom. The maximum absolute atomic E-state index is 12.9. The number of urea groups is 1. The van der Waals surface area contributed by atoms with Crippen LogP contribution in [-0.4, -0.2) is 61.3 Å². The largest absolute Gasteiger partial charge is 0.497 e. The molecule has 0 aliphatic carbocycles. The van der Waals surface area contributed by atoms with Gasteiger partial charge in [-0.25, -0.2) is 4.79 Å². The molecule has 2 N–H and O–H groups in total. The van der Waals surface area contributed by atoms with Crippen molar-refractivity contribution in [2.45, 2.75) is 58.4 Å². The molecule has 8 nitrogen and oxygen atoms in total. The zero-order chi connectivity index (χ0) is 24.3. The number of fused-ring (bicyclic) bond motifs is 1. The van der Waals surface area contributed by atoms with Crippen LogP contribution in [0.2, 0.25) is 0 Å². The van der Waals surface area contributed by atoms with E-state index >= 15 is 0 Å². The minimum atomic E-state index is -0.385. The molecule has 1 aromatic heterocycles. The Bertz CT molecular complexity index is 952. The lowest BCUT2D eigenvalue weighted by atomic mass is 9.92. The molecule has 2 aromatic rings. The highest BCUT2D eigenvalue weighted by molar-refractivity contribution is 6.00. The number of anilines is 1. The van der Waals surface area contributed by atoms with Crippen molar-refractivity contribution in [1.29, 1.82) is 0 Å². The highest BCUT2D eigenvalue weighted by atomic mass is 16.5. The lowest BCUT2D eigenvalue weighted by Gasteiger charge is -2.37. The summed E-state index contributed by atoms with van der Waals surface area (Å²) in [6.07, 6.45) is 8.46. The van der Waals surface area contributed by atoms with E-state index in [0.29, 0.717) is 31.0 Å². The number of aromatic nitrogens is 1. The van der Waals surface area contributed by atoms with Crippen molar-refractivity contribution in [3.63, 3.8) is 0 Å². The number of amides is 2. The second-order valence-electron chi connectivity index (χ2n) is 8.81. The van der Waals surface area contributed by atoms with Gasteiger partial charge in [0.1, 0.15) is 5.75 Å². The van der Waals surface area contributed by atoms with Gasteiger partial charge in [0.15, 0.2) is 0 Å². The van der Waals surface area contributed by atoms with Gasteiger partial charge in [-0.2, -0.15) is 0 Å². The quantitative estimate of drug-likeness (QED) is 0.369. The first kappa shape index (κ1) is 25.7. The molecule has 34 heavy (non-hydrogen) atoms. The maximum Gasteiger partial charge on any atom is 0.319 e. The monoisotopic (exact) mass is 470 g/mol. The van der Waals surface area contributed by atoms with E-state index in [2.05, 4.69) is 27.4 Å². The predicted molar refractivity (Wildman–Crippen MR) is 134 cm³/mol.